The molecule has 253 valence electrons. The van der Waals surface area contributed by atoms with E-state index in [0.717, 1.165) is 62.3 Å². The van der Waals surface area contributed by atoms with E-state index in [4.69, 9.17) is 17.9 Å². The van der Waals surface area contributed by atoms with Crippen LogP contribution in [0.15, 0.2) is 131 Å². The summed E-state index contributed by atoms with van der Waals surface area (Å²) in [5.41, 5.74) is 11.8. The van der Waals surface area contributed by atoms with E-state index in [1.807, 2.05) is 42.5 Å². The van der Waals surface area contributed by atoms with Crippen LogP contribution in [0, 0.1) is 19.2 Å². The molecule has 0 spiro atoms. The molecular formula is C44H39IrN3O2-2. The third-order valence-electron chi connectivity index (χ3n) is 8.80. The fourth-order valence-corrected chi connectivity index (χ4v) is 6.33. The molecule has 0 saturated heterocycles. The number of nitrogens with zero attached hydrogens (tertiary/aromatic N) is 3. The number of furan rings is 2. The van der Waals surface area contributed by atoms with Crippen molar-refractivity contribution in [2.75, 3.05) is 0 Å². The number of fused-ring (bicyclic) bond motifs is 2. The normalized spacial score (nSPS) is 12.3. The second-order valence-electron chi connectivity index (χ2n) is 12.7. The van der Waals surface area contributed by atoms with Gasteiger partial charge in [-0.2, -0.15) is 0 Å². The summed E-state index contributed by atoms with van der Waals surface area (Å²) in [5, 5.41) is 0.992. The van der Waals surface area contributed by atoms with Gasteiger partial charge in [-0.1, -0.05) is 99.3 Å². The van der Waals surface area contributed by atoms with Crippen molar-refractivity contribution >= 4 is 22.0 Å². The Kier molecular flexibility index (Phi) is 9.45. The predicted molar refractivity (Wildman–Crippen MR) is 198 cm³/mol. The molecular weight excluding hydrogens is 795 g/mol. The van der Waals surface area contributed by atoms with Gasteiger partial charge >= 0.3 is 0 Å². The van der Waals surface area contributed by atoms with E-state index in [0.29, 0.717) is 11.8 Å². The molecule has 0 unspecified atom stereocenters. The molecule has 0 bridgehead atoms. The number of pyridine rings is 1. The fraction of sp³-hybridized carbons (Fsp3) is 0.182. The Labute approximate surface area is 311 Å². The van der Waals surface area contributed by atoms with Crippen LogP contribution in [-0.4, -0.2) is 14.5 Å². The zero-order valence-electron chi connectivity index (χ0n) is 31.4. The number of imidazole rings is 1. The Morgan fingerprint density at radius 1 is 0.840 bits per heavy atom. The maximum absolute atomic E-state index is 7.23. The molecule has 0 amide bonds. The van der Waals surface area contributed by atoms with E-state index in [9.17, 15) is 0 Å². The van der Waals surface area contributed by atoms with Crippen molar-refractivity contribution in [2.45, 2.75) is 52.9 Å². The van der Waals surface area contributed by atoms with Crippen molar-refractivity contribution in [3.8, 4) is 33.8 Å². The second kappa shape index (κ2) is 15.2. The summed E-state index contributed by atoms with van der Waals surface area (Å²) >= 11 is 0. The van der Waals surface area contributed by atoms with E-state index >= 15 is 0 Å². The molecule has 0 atom stereocenters. The smallest absolute Gasteiger partial charge is 0.0980 e. The van der Waals surface area contributed by atoms with Crippen LogP contribution >= 0.6 is 0 Å². The van der Waals surface area contributed by atoms with Crippen molar-refractivity contribution in [3.63, 3.8) is 0 Å². The van der Waals surface area contributed by atoms with Gasteiger partial charge in [-0.3, -0.25) is 4.98 Å². The molecule has 0 aliphatic rings. The number of rotatable bonds is 7. The van der Waals surface area contributed by atoms with Gasteiger partial charge in [0.05, 0.1) is 29.4 Å². The maximum Gasteiger partial charge on any atom is 0.0980 e. The molecule has 0 fully saturated rings. The summed E-state index contributed by atoms with van der Waals surface area (Å²) in [6, 6.07) is 37.0. The molecule has 8 rings (SSSR count). The average Bonchev–Trinajstić information content (AvgIpc) is 3.91. The quantitative estimate of drug-likeness (QED) is 0.150. The van der Waals surface area contributed by atoms with Crippen LogP contribution < -0.4 is 0 Å². The Hall–Kier alpha value is -5.03. The van der Waals surface area contributed by atoms with Crippen LogP contribution in [-0.2, 0) is 26.7 Å². The Morgan fingerprint density at radius 3 is 2.32 bits per heavy atom. The summed E-state index contributed by atoms with van der Waals surface area (Å²) in [6.07, 6.45) is 8.03. The predicted octanol–water partition coefficient (Wildman–Crippen LogP) is 11.7. The first-order chi connectivity index (χ1) is 25.1. The van der Waals surface area contributed by atoms with Gasteiger partial charge in [0, 0.05) is 54.4 Å². The van der Waals surface area contributed by atoms with E-state index in [1.54, 1.807) is 30.7 Å². The minimum atomic E-state index is -2.09. The monoisotopic (exact) mass is 837 g/mol. The van der Waals surface area contributed by atoms with Gasteiger partial charge in [-0.25, -0.2) is 0 Å². The number of aromatic nitrogens is 3. The molecule has 4 heterocycles. The first-order valence-electron chi connectivity index (χ1n) is 18.1. The number of para-hydroxylation sites is 2. The fourth-order valence-electron chi connectivity index (χ4n) is 6.33. The molecule has 6 heteroatoms. The maximum atomic E-state index is 7.23. The molecule has 0 aliphatic carbocycles. The van der Waals surface area contributed by atoms with Crippen LogP contribution in [0.25, 0.3) is 55.8 Å². The minimum absolute atomic E-state index is 0. The zero-order chi connectivity index (χ0) is 36.4. The van der Waals surface area contributed by atoms with Gasteiger partial charge < -0.3 is 18.4 Å². The largest absolute Gasteiger partial charge is 0.557 e. The Bertz CT molecular complexity index is 2400. The van der Waals surface area contributed by atoms with Gasteiger partial charge in [-0.05, 0) is 70.4 Å². The Morgan fingerprint density at radius 2 is 1.64 bits per heavy atom. The topological polar surface area (TPSA) is 57.0 Å². The van der Waals surface area contributed by atoms with E-state index in [1.165, 1.54) is 22.9 Å². The number of hydrogen-bond donors (Lipinski definition) is 0. The van der Waals surface area contributed by atoms with Gasteiger partial charge in [0.25, 0.3) is 0 Å². The Balaban J connectivity index is 0.000000238. The van der Waals surface area contributed by atoms with Gasteiger partial charge in [-0.15, -0.1) is 35.9 Å². The second-order valence-corrected chi connectivity index (χ2v) is 12.7. The first kappa shape index (κ1) is 31.0. The van der Waals surface area contributed by atoms with Crippen molar-refractivity contribution in [1.29, 1.82) is 0 Å². The van der Waals surface area contributed by atoms with Gasteiger partial charge in [0.2, 0.25) is 0 Å². The minimum Gasteiger partial charge on any atom is -0.557 e. The molecule has 4 aromatic heterocycles. The molecule has 4 aromatic carbocycles. The summed E-state index contributed by atoms with van der Waals surface area (Å²) in [7, 11) is 0. The summed E-state index contributed by atoms with van der Waals surface area (Å²) < 4.78 is 35.2. The van der Waals surface area contributed by atoms with Crippen LogP contribution in [0.1, 0.15) is 65.9 Å². The molecule has 0 aliphatic heterocycles. The van der Waals surface area contributed by atoms with Gasteiger partial charge in [0.15, 0.2) is 0 Å². The van der Waals surface area contributed by atoms with Crippen molar-refractivity contribution in [1.82, 2.24) is 14.5 Å². The standard InChI is InChI=1S/C32H29N2O2.C12H10N.Ir/c1-20(2)24-8-7-9-25(21(3)4)27(24)17-34-30-11-6-5-10-29(30)33-32(34)28-19-36-31-13-12-22(16-26(28)31)23-14-15-35-18-23;1-10-7-8-12(13-9-10)11-5-3-2-4-6-11;/h5-16,18,20-21H,17H2,1-4H3;2-5,7-9H,1H3;/q2*-1;/i;1D3;. The van der Waals surface area contributed by atoms with Crippen LogP contribution in [0.4, 0.5) is 0 Å². The average molecular weight is 837 g/mol. The zero-order valence-corrected chi connectivity index (χ0v) is 30.8. The molecule has 5 nitrogen and oxygen atoms in total. The third-order valence-corrected chi connectivity index (χ3v) is 8.80. The van der Waals surface area contributed by atoms with Crippen LogP contribution in [0.3, 0.4) is 0 Å². The van der Waals surface area contributed by atoms with Crippen molar-refractivity contribution in [2.24, 2.45) is 0 Å². The summed E-state index contributed by atoms with van der Waals surface area (Å²) in [6.45, 7) is 7.72. The molecule has 8 aromatic rings. The summed E-state index contributed by atoms with van der Waals surface area (Å²) in [5.74, 6) is 1.72. The molecule has 50 heavy (non-hydrogen) atoms. The van der Waals surface area contributed by atoms with E-state index in [2.05, 4.69) is 92.0 Å². The van der Waals surface area contributed by atoms with Crippen LogP contribution in [0.2, 0.25) is 0 Å². The molecule has 0 saturated carbocycles. The molecule has 0 N–H and O–H groups in total. The van der Waals surface area contributed by atoms with Crippen molar-refractivity contribution in [3.05, 3.63) is 156 Å². The SMILES string of the molecule is CC(C)c1cccc(C(C)C)c1Cn1c(-c2[c-]oc3ccc(-c4ccoc4)cc23)nc2ccccc21.[2H]C([2H])([2H])c1ccc(-c2[c-]cccc2)nc1.[Ir]. The van der Waals surface area contributed by atoms with Crippen molar-refractivity contribution < 1.29 is 33.1 Å². The number of benzene rings is 4. The van der Waals surface area contributed by atoms with E-state index in [-0.39, 0.29) is 25.7 Å². The molecule has 1 radical (unpaired) electrons. The summed E-state index contributed by atoms with van der Waals surface area (Å²) in [4.78, 5) is 9.22. The van der Waals surface area contributed by atoms with Gasteiger partial charge in [0.1, 0.15) is 0 Å². The number of aryl methyl sites for hydroxylation is 1. The first-order valence-corrected chi connectivity index (χ1v) is 16.6. The van der Waals surface area contributed by atoms with Crippen LogP contribution in [0.5, 0.6) is 0 Å². The third kappa shape index (κ3) is 7.14. The van der Waals surface area contributed by atoms with E-state index < -0.39 is 6.85 Å². The number of hydrogen-bond acceptors (Lipinski definition) is 4.